The van der Waals surface area contributed by atoms with Crippen molar-refractivity contribution in [3.8, 4) is 0 Å². The molecule has 0 saturated heterocycles. The summed E-state index contributed by atoms with van der Waals surface area (Å²) < 4.78 is 0. The van der Waals surface area contributed by atoms with Gasteiger partial charge in [0.2, 0.25) is 0 Å². The van der Waals surface area contributed by atoms with E-state index in [0.717, 1.165) is 6.42 Å². The topological polar surface area (TPSA) is 0 Å². The fraction of sp³-hybridized carbons (Fsp3) is 0.933. The van der Waals surface area contributed by atoms with Crippen LogP contribution < -0.4 is 0 Å². The van der Waals surface area contributed by atoms with Gasteiger partial charge >= 0.3 is 0 Å². The molecule has 0 nitrogen and oxygen atoms in total. The molecule has 0 amide bonds. The Hall–Kier alpha value is 0. The van der Waals surface area contributed by atoms with Crippen LogP contribution in [0, 0.1) is 6.92 Å². The Kier molecular flexibility index (Phi) is 14.0. The van der Waals surface area contributed by atoms with Crippen molar-refractivity contribution in [3.63, 3.8) is 0 Å². The Bertz CT molecular complexity index is 84.2. The van der Waals surface area contributed by atoms with Gasteiger partial charge in [-0.05, 0) is 0 Å². The van der Waals surface area contributed by atoms with Gasteiger partial charge in [0, 0.05) is 0 Å². The summed E-state index contributed by atoms with van der Waals surface area (Å²) in [5.74, 6) is 0. The van der Waals surface area contributed by atoms with Crippen LogP contribution in [-0.4, -0.2) is 0 Å². The van der Waals surface area contributed by atoms with Gasteiger partial charge in [0.15, 0.2) is 0 Å². The molecule has 91 valence electrons. The highest BCUT2D eigenvalue weighted by Gasteiger charge is 1.92. The molecule has 0 spiro atoms. The largest absolute Gasteiger partial charge is 0.0654 e. The van der Waals surface area contributed by atoms with Gasteiger partial charge in [0.05, 0.1) is 0 Å². The first-order valence-corrected chi connectivity index (χ1v) is 7.21. The van der Waals surface area contributed by atoms with E-state index in [4.69, 9.17) is 0 Å². The minimum absolute atomic E-state index is 1.12. The van der Waals surface area contributed by atoms with Crippen LogP contribution >= 0.6 is 0 Å². The first kappa shape index (κ1) is 15.0. The second-order valence-corrected chi connectivity index (χ2v) is 4.74. The molecule has 0 aromatic rings. The van der Waals surface area contributed by atoms with E-state index in [1.54, 1.807) is 0 Å². The molecule has 0 fully saturated rings. The second kappa shape index (κ2) is 14.0. The van der Waals surface area contributed by atoms with Crippen molar-refractivity contribution in [2.24, 2.45) is 0 Å². The van der Waals surface area contributed by atoms with Crippen LogP contribution in [0.4, 0.5) is 0 Å². The molecule has 0 aromatic carbocycles. The summed E-state index contributed by atoms with van der Waals surface area (Å²) in [6.07, 6.45) is 18.3. The molecule has 0 aliphatic rings. The molecule has 0 N–H and O–H groups in total. The van der Waals surface area contributed by atoms with Gasteiger partial charge in [-0.1, -0.05) is 97.3 Å². The molecule has 0 rings (SSSR count). The zero-order valence-electron chi connectivity index (χ0n) is 10.9. The van der Waals surface area contributed by atoms with E-state index in [-0.39, 0.29) is 0 Å². The summed E-state index contributed by atoms with van der Waals surface area (Å²) in [5.41, 5.74) is 0. The van der Waals surface area contributed by atoms with Crippen LogP contribution in [0.25, 0.3) is 0 Å². The minimum Gasteiger partial charge on any atom is -0.0654 e. The van der Waals surface area contributed by atoms with Crippen molar-refractivity contribution in [2.45, 2.75) is 90.4 Å². The third-order valence-corrected chi connectivity index (χ3v) is 3.10. The fourth-order valence-electron chi connectivity index (χ4n) is 2.02. The summed E-state index contributed by atoms with van der Waals surface area (Å²) in [6.45, 7) is 6.15. The zero-order valence-corrected chi connectivity index (χ0v) is 10.9. The first-order chi connectivity index (χ1) is 7.41. The van der Waals surface area contributed by atoms with Crippen molar-refractivity contribution in [1.29, 1.82) is 0 Å². The Morgan fingerprint density at radius 1 is 0.533 bits per heavy atom. The summed E-state index contributed by atoms with van der Waals surface area (Å²) in [7, 11) is 0. The summed E-state index contributed by atoms with van der Waals surface area (Å²) in [6, 6.07) is 0. The van der Waals surface area contributed by atoms with E-state index in [2.05, 4.69) is 13.8 Å². The normalized spacial score (nSPS) is 10.8. The number of hydrogen-bond donors (Lipinski definition) is 0. The predicted molar refractivity (Wildman–Crippen MR) is 71.1 cm³/mol. The lowest BCUT2D eigenvalue weighted by molar-refractivity contribution is 0.545. The molecule has 0 aliphatic heterocycles. The van der Waals surface area contributed by atoms with E-state index in [1.807, 2.05) is 0 Å². The quantitative estimate of drug-likeness (QED) is 0.352. The highest BCUT2D eigenvalue weighted by atomic mass is 14.0. The molecule has 0 atom stereocenters. The molecular weight excluding hydrogens is 180 g/mol. The lowest BCUT2D eigenvalue weighted by Gasteiger charge is -2.01. The summed E-state index contributed by atoms with van der Waals surface area (Å²) in [5, 5.41) is 0. The van der Waals surface area contributed by atoms with Gasteiger partial charge in [-0.25, -0.2) is 0 Å². The van der Waals surface area contributed by atoms with Crippen molar-refractivity contribution in [3.05, 3.63) is 6.92 Å². The van der Waals surface area contributed by atoms with Gasteiger partial charge in [-0.15, -0.1) is 0 Å². The van der Waals surface area contributed by atoms with Crippen molar-refractivity contribution < 1.29 is 0 Å². The van der Waals surface area contributed by atoms with Crippen molar-refractivity contribution in [1.82, 2.24) is 0 Å². The molecular formula is C15H31. The van der Waals surface area contributed by atoms with E-state index in [1.165, 1.54) is 77.0 Å². The van der Waals surface area contributed by atoms with Gasteiger partial charge < -0.3 is 0 Å². The Morgan fingerprint density at radius 3 is 1.20 bits per heavy atom. The van der Waals surface area contributed by atoms with Crippen LogP contribution in [0.3, 0.4) is 0 Å². The van der Waals surface area contributed by atoms with Gasteiger partial charge in [-0.3, -0.25) is 0 Å². The molecule has 0 unspecified atom stereocenters. The molecule has 0 bridgehead atoms. The third kappa shape index (κ3) is 14.0. The number of unbranched alkanes of at least 4 members (excludes halogenated alkanes) is 12. The smallest absolute Gasteiger partial charge is 0.0533 e. The summed E-state index contributed by atoms with van der Waals surface area (Å²) in [4.78, 5) is 0. The zero-order chi connectivity index (χ0) is 11.2. The van der Waals surface area contributed by atoms with Gasteiger partial charge in [0.1, 0.15) is 0 Å². The second-order valence-electron chi connectivity index (χ2n) is 4.74. The van der Waals surface area contributed by atoms with Crippen LogP contribution in [0.2, 0.25) is 0 Å². The van der Waals surface area contributed by atoms with Crippen molar-refractivity contribution in [2.75, 3.05) is 0 Å². The number of hydrogen-bond acceptors (Lipinski definition) is 0. The average molecular weight is 211 g/mol. The number of rotatable bonds is 12. The van der Waals surface area contributed by atoms with Gasteiger partial charge in [-0.2, -0.15) is 0 Å². The standard InChI is InChI=1S/C15H31/c1-3-5-7-9-11-13-15-14-12-10-8-6-4-2/h1,3-15H2,2H3. The van der Waals surface area contributed by atoms with Crippen LogP contribution in [0.15, 0.2) is 0 Å². The minimum atomic E-state index is 1.12. The SMILES string of the molecule is [CH2]CCCCCCCCCCCCCC. The highest BCUT2D eigenvalue weighted by molar-refractivity contribution is 4.48. The molecule has 15 heavy (non-hydrogen) atoms. The lowest BCUT2D eigenvalue weighted by Crippen LogP contribution is -1.82. The monoisotopic (exact) mass is 211 g/mol. The highest BCUT2D eigenvalue weighted by Crippen LogP contribution is 2.12. The summed E-state index contributed by atoms with van der Waals surface area (Å²) >= 11 is 0. The maximum Gasteiger partial charge on any atom is -0.0533 e. The maximum absolute atomic E-state index is 3.87. The van der Waals surface area contributed by atoms with Crippen LogP contribution in [-0.2, 0) is 0 Å². The molecule has 0 heterocycles. The third-order valence-electron chi connectivity index (χ3n) is 3.10. The Labute approximate surface area is 97.8 Å². The van der Waals surface area contributed by atoms with E-state index >= 15 is 0 Å². The maximum atomic E-state index is 3.87. The van der Waals surface area contributed by atoms with Gasteiger partial charge in [0.25, 0.3) is 0 Å². The fourth-order valence-corrected chi connectivity index (χ4v) is 2.02. The first-order valence-electron chi connectivity index (χ1n) is 7.21. The van der Waals surface area contributed by atoms with E-state index in [9.17, 15) is 0 Å². The van der Waals surface area contributed by atoms with Crippen LogP contribution in [0.5, 0.6) is 0 Å². The molecule has 0 saturated carbocycles. The van der Waals surface area contributed by atoms with Crippen molar-refractivity contribution >= 4 is 0 Å². The Balaban J connectivity index is 2.81. The molecule has 0 aliphatic carbocycles. The molecule has 0 aromatic heterocycles. The van der Waals surface area contributed by atoms with Crippen LogP contribution in [0.1, 0.15) is 90.4 Å². The average Bonchev–Trinajstić information content (AvgIpc) is 2.26. The predicted octanol–water partition coefficient (Wildman–Crippen LogP) is 5.91. The molecule has 1 radical (unpaired) electrons. The van der Waals surface area contributed by atoms with E-state index < -0.39 is 0 Å². The lowest BCUT2D eigenvalue weighted by atomic mass is 10.1. The Morgan fingerprint density at radius 2 is 0.867 bits per heavy atom. The van der Waals surface area contributed by atoms with E-state index in [0.29, 0.717) is 0 Å². The molecule has 0 heteroatoms.